The Bertz CT molecular complexity index is 690. The third-order valence-corrected chi connectivity index (χ3v) is 4.14. The highest BCUT2D eigenvalue weighted by Gasteiger charge is 2.07. The molecule has 0 spiro atoms. The van der Waals surface area contributed by atoms with Crippen molar-refractivity contribution in [1.29, 1.82) is 0 Å². The molecule has 6 nitrogen and oxygen atoms in total. The van der Waals surface area contributed by atoms with E-state index >= 15 is 0 Å². The van der Waals surface area contributed by atoms with Crippen molar-refractivity contribution in [2.75, 3.05) is 16.8 Å². The molecule has 8 heteroatoms. The van der Waals surface area contributed by atoms with Gasteiger partial charge in [0.1, 0.15) is 0 Å². The third kappa shape index (κ3) is 6.45. The predicted molar refractivity (Wildman–Crippen MR) is 93.2 cm³/mol. The number of thioether (sulfide) groups is 1. The molecule has 0 radical (unpaired) electrons. The Morgan fingerprint density at radius 2 is 2.04 bits per heavy atom. The molecular weight excluding hydrogens is 382 g/mol. The van der Waals surface area contributed by atoms with Crippen molar-refractivity contribution in [1.82, 2.24) is 10.5 Å². The molecule has 2 aromatic rings. The van der Waals surface area contributed by atoms with E-state index in [2.05, 4.69) is 31.7 Å². The van der Waals surface area contributed by atoms with Crippen molar-refractivity contribution in [3.05, 3.63) is 46.3 Å². The highest BCUT2D eigenvalue weighted by atomic mass is 79.9. The zero-order valence-electron chi connectivity index (χ0n) is 12.5. The molecule has 23 heavy (non-hydrogen) atoms. The van der Waals surface area contributed by atoms with E-state index in [1.165, 1.54) is 11.8 Å². The predicted octanol–water partition coefficient (Wildman–Crippen LogP) is 2.73. The lowest BCUT2D eigenvalue weighted by Gasteiger charge is -2.06. The van der Waals surface area contributed by atoms with Gasteiger partial charge in [0.15, 0.2) is 5.76 Å². The van der Waals surface area contributed by atoms with E-state index in [1.807, 2.05) is 25.1 Å². The molecule has 0 fully saturated rings. The number of aryl methyl sites for hydroxylation is 1. The number of nitrogens with zero attached hydrogens (tertiary/aromatic N) is 1. The van der Waals surface area contributed by atoms with Crippen LogP contribution >= 0.6 is 27.7 Å². The molecule has 0 aliphatic rings. The summed E-state index contributed by atoms with van der Waals surface area (Å²) in [7, 11) is 0. The average Bonchev–Trinajstić information content (AvgIpc) is 2.91. The number of anilines is 1. The zero-order valence-corrected chi connectivity index (χ0v) is 14.9. The molecule has 0 saturated heterocycles. The summed E-state index contributed by atoms with van der Waals surface area (Å²) in [6, 6.07) is 9.10. The van der Waals surface area contributed by atoms with E-state index in [0.29, 0.717) is 12.3 Å². The van der Waals surface area contributed by atoms with E-state index < -0.39 is 0 Å². The first-order chi connectivity index (χ1) is 11.0. The van der Waals surface area contributed by atoms with Crippen LogP contribution in [0.2, 0.25) is 0 Å². The average molecular weight is 398 g/mol. The second-order valence-electron chi connectivity index (χ2n) is 4.76. The van der Waals surface area contributed by atoms with Crippen LogP contribution in [0.3, 0.4) is 0 Å². The normalized spacial score (nSPS) is 10.3. The molecule has 0 unspecified atom stereocenters. The van der Waals surface area contributed by atoms with Crippen LogP contribution in [0.15, 0.2) is 39.3 Å². The molecule has 0 bridgehead atoms. The molecular formula is C15H16BrN3O3S. The number of aromatic nitrogens is 1. The van der Waals surface area contributed by atoms with Crippen molar-refractivity contribution in [3.8, 4) is 0 Å². The molecule has 1 aromatic heterocycles. The minimum Gasteiger partial charge on any atom is -0.359 e. The monoisotopic (exact) mass is 397 g/mol. The van der Waals surface area contributed by atoms with Crippen molar-refractivity contribution >= 4 is 45.2 Å². The summed E-state index contributed by atoms with van der Waals surface area (Å²) in [5.74, 6) is 0.722. The van der Waals surface area contributed by atoms with Crippen LogP contribution in [-0.2, 0) is 16.1 Å². The zero-order chi connectivity index (χ0) is 16.7. The summed E-state index contributed by atoms with van der Waals surface area (Å²) in [4.78, 5) is 23.5. The van der Waals surface area contributed by atoms with Gasteiger partial charge in [-0.25, -0.2) is 0 Å². The van der Waals surface area contributed by atoms with Crippen molar-refractivity contribution < 1.29 is 14.1 Å². The van der Waals surface area contributed by atoms with E-state index in [-0.39, 0.29) is 23.3 Å². The molecule has 0 aliphatic heterocycles. The Hall–Kier alpha value is -1.80. The van der Waals surface area contributed by atoms with E-state index in [1.54, 1.807) is 12.1 Å². The summed E-state index contributed by atoms with van der Waals surface area (Å²) in [5.41, 5.74) is 1.49. The van der Waals surface area contributed by atoms with Gasteiger partial charge in [-0.2, -0.15) is 0 Å². The number of nitrogens with one attached hydrogen (secondary N) is 2. The largest absolute Gasteiger partial charge is 0.359 e. The van der Waals surface area contributed by atoms with Crippen LogP contribution in [0.4, 0.5) is 5.69 Å². The van der Waals surface area contributed by atoms with E-state index in [0.717, 1.165) is 15.9 Å². The van der Waals surface area contributed by atoms with Gasteiger partial charge in [0.05, 0.1) is 23.7 Å². The summed E-state index contributed by atoms with van der Waals surface area (Å²) in [6.45, 7) is 2.11. The summed E-state index contributed by atoms with van der Waals surface area (Å²) < 4.78 is 5.89. The first-order valence-corrected chi connectivity index (χ1v) is 8.80. The van der Waals surface area contributed by atoms with Gasteiger partial charge in [0.2, 0.25) is 11.8 Å². The lowest BCUT2D eigenvalue weighted by Crippen LogP contribution is -2.25. The third-order valence-electron chi connectivity index (χ3n) is 2.71. The van der Waals surface area contributed by atoms with Gasteiger partial charge in [-0.15, -0.1) is 11.8 Å². The topological polar surface area (TPSA) is 84.2 Å². The maximum atomic E-state index is 11.8. The SMILES string of the molecule is Cc1cc(CNC(=O)CSCC(=O)Nc2cccc(Br)c2)on1. The number of amides is 2. The van der Waals surface area contributed by atoms with E-state index in [4.69, 9.17) is 4.52 Å². The Morgan fingerprint density at radius 1 is 1.26 bits per heavy atom. The first-order valence-electron chi connectivity index (χ1n) is 6.85. The van der Waals surface area contributed by atoms with Gasteiger partial charge in [-0.3, -0.25) is 9.59 Å². The minimum atomic E-state index is -0.153. The Labute approximate surface area is 146 Å². The molecule has 1 aromatic carbocycles. The van der Waals surface area contributed by atoms with Crippen molar-refractivity contribution in [3.63, 3.8) is 0 Å². The lowest BCUT2D eigenvalue weighted by molar-refractivity contribution is -0.118. The van der Waals surface area contributed by atoms with Crippen molar-refractivity contribution in [2.45, 2.75) is 13.5 Å². The molecule has 0 atom stereocenters. The number of rotatable bonds is 7. The second-order valence-corrected chi connectivity index (χ2v) is 6.66. The Morgan fingerprint density at radius 3 is 2.74 bits per heavy atom. The van der Waals surface area contributed by atoms with Crippen LogP contribution in [-0.4, -0.2) is 28.5 Å². The smallest absolute Gasteiger partial charge is 0.234 e. The number of carbonyl (C=O) groups is 2. The molecule has 2 N–H and O–H groups in total. The Kier molecular flexibility index (Phi) is 6.66. The van der Waals surface area contributed by atoms with Gasteiger partial charge in [-0.1, -0.05) is 27.2 Å². The Balaban J connectivity index is 1.64. The van der Waals surface area contributed by atoms with Gasteiger partial charge in [-0.05, 0) is 25.1 Å². The van der Waals surface area contributed by atoms with Gasteiger partial charge >= 0.3 is 0 Å². The number of halogens is 1. The maximum Gasteiger partial charge on any atom is 0.234 e. The molecule has 0 aliphatic carbocycles. The van der Waals surface area contributed by atoms with Gasteiger partial charge < -0.3 is 15.2 Å². The molecule has 122 valence electrons. The van der Waals surface area contributed by atoms with Gasteiger partial charge in [0.25, 0.3) is 0 Å². The highest BCUT2D eigenvalue weighted by Crippen LogP contribution is 2.15. The van der Waals surface area contributed by atoms with Crippen LogP contribution in [0.25, 0.3) is 0 Å². The van der Waals surface area contributed by atoms with Crippen LogP contribution in [0.1, 0.15) is 11.5 Å². The van der Waals surface area contributed by atoms with Crippen LogP contribution in [0, 0.1) is 6.92 Å². The van der Waals surface area contributed by atoms with Crippen molar-refractivity contribution in [2.24, 2.45) is 0 Å². The summed E-state index contributed by atoms with van der Waals surface area (Å²) in [6.07, 6.45) is 0. The second kappa shape index (κ2) is 8.73. The molecule has 2 rings (SSSR count). The lowest BCUT2D eigenvalue weighted by atomic mass is 10.3. The van der Waals surface area contributed by atoms with Gasteiger partial charge in [0, 0.05) is 16.2 Å². The number of benzene rings is 1. The number of carbonyl (C=O) groups excluding carboxylic acids is 2. The first kappa shape index (κ1) is 17.6. The highest BCUT2D eigenvalue weighted by molar-refractivity contribution is 9.10. The van der Waals surface area contributed by atoms with E-state index in [9.17, 15) is 9.59 Å². The molecule has 1 heterocycles. The minimum absolute atomic E-state index is 0.147. The summed E-state index contributed by atoms with van der Waals surface area (Å²) >= 11 is 4.59. The van der Waals surface area contributed by atoms with Crippen LogP contribution < -0.4 is 10.6 Å². The standard InChI is InChI=1S/C15H16BrN3O3S/c1-10-5-13(22-19-10)7-17-14(20)8-23-9-15(21)18-12-4-2-3-11(16)6-12/h2-6H,7-9H2,1H3,(H,17,20)(H,18,21). The number of hydrogen-bond donors (Lipinski definition) is 2. The molecule has 0 saturated carbocycles. The maximum absolute atomic E-state index is 11.8. The van der Waals surface area contributed by atoms with Crippen LogP contribution in [0.5, 0.6) is 0 Å². The molecule has 2 amide bonds. The fourth-order valence-corrected chi connectivity index (χ4v) is 2.78. The summed E-state index contributed by atoms with van der Waals surface area (Å²) in [5, 5.41) is 9.22. The number of hydrogen-bond acceptors (Lipinski definition) is 5. The fraction of sp³-hybridized carbons (Fsp3) is 0.267. The quantitative estimate of drug-likeness (QED) is 0.750. The fourth-order valence-electron chi connectivity index (χ4n) is 1.74.